The van der Waals surface area contributed by atoms with Gasteiger partial charge in [0.15, 0.2) is 11.5 Å². The summed E-state index contributed by atoms with van der Waals surface area (Å²) in [6.07, 6.45) is 4.81. The molecule has 0 saturated carbocycles. The number of H-pyrrole nitrogens is 2. The van der Waals surface area contributed by atoms with Gasteiger partial charge in [0, 0.05) is 24.3 Å². The lowest BCUT2D eigenvalue weighted by Gasteiger charge is -2.06. The van der Waals surface area contributed by atoms with Crippen LogP contribution in [0, 0.1) is 0 Å². The molecule has 0 atom stereocenters. The zero-order valence-corrected chi connectivity index (χ0v) is 13.3. The third-order valence-electron chi connectivity index (χ3n) is 3.60. The van der Waals surface area contributed by atoms with Crippen molar-refractivity contribution in [3.8, 4) is 5.69 Å². The molecule has 0 spiro atoms. The molecule has 4 aromatic rings. The standard InChI is InChI=1S/C15H13N9O2/c25-14(12-4-6-23(20-12)9-13-18-21-22-19-13)17-10-2-1-3-11(8-10)24-7-5-16-15(24)26/h1-8H,9H2,(H,16,26)(H,17,25)(H,18,19,21,22). The molecule has 0 radical (unpaired) electrons. The number of anilines is 1. The minimum atomic E-state index is -0.365. The topological polar surface area (TPSA) is 139 Å². The maximum absolute atomic E-state index is 12.4. The van der Waals surface area contributed by atoms with Crippen LogP contribution in [0.25, 0.3) is 5.69 Å². The number of imidazole rings is 1. The van der Waals surface area contributed by atoms with E-state index in [-0.39, 0.29) is 17.3 Å². The van der Waals surface area contributed by atoms with E-state index in [0.29, 0.717) is 23.7 Å². The first-order valence-electron chi connectivity index (χ1n) is 7.63. The molecule has 130 valence electrons. The van der Waals surface area contributed by atoms with Crippen LogP contribution in [0.1, 0.15) is 16.3 Å². The SMILES string of the molecule is O=C(Nc1cccc(-n2cc[nH]c2=O)c1)c1ccn(Cc2nn[nH]n2)n1. The first kappa shape index (κ1) is 15.5. The molecule has 3 heterocycles. The summed E-state index contributed by atoms with van der Waals surface area (Å²) >= 11 is 0. The van der Waals surface area contributed by atoms with Crippen LogP contribution in [-0.2, 0) is 6.54 Å². The molecule has 11 nitrogen and oxygen atoms in total. The fourth-order valence-electron chi connectivity index (χ4n) is 2.42. The molecule has 0 unspecified atom stereocenters. The molecule has 0 aliphatic rings. The zero-order valence-electron chi connectivity index (χ0n) is 13.3. The van der Waals surface area contributed by atoms with Crippen LogP contribution in [0.15, 0.2) is 53.7 Å². The molecule has 11 heteroatoms. The maximum Gasteiger partial charge on any atom is 0.330 e. The number of aromatic amines is 2. The van der Waals surface area contributed by atoms with Gasteiger partial charge in [-0.1, -0.05) is 11.3 Å². The van der Waals surface area contributed by atoms with E-state index in [1.807, 2.05) is 0 Å². The summed E-state index contributed by atoms with van der Waals surface area (Å²) < 4.78 is 2.98. The molecule has 0 fully saturated rings. The number of carbonyl (C=O) groups excluding carboxylic acids is 1. The molecular weight excluding hydrogens is 338 g/mol. The van der Waals surface area contributed by atoms with Gasteiger partial charge in [-0.15, -0.1) is 10.2 Å². The molecule has 3 aromatic heterocycles. The predicted octanol–water partition coefficient (Wildman–Crippen LogP) is 0.176. The van der Waals surface area contributed by atoms with E-state index in [1.165, 1.54) is 9.25 Å². The van der Waals surface area contributed by atoms with Crippen molar-refractivity contribution >= 4 is 11.6 Å². The van der Waals surface area contributed by atoms with E-state index >= 15 is 0 Å². The number of amides is 1. The van der Waals surface area contributed by atoms with E-state index in [4.69, 9.17) is 0 Å². The van der Waals surface area contributed by atoms with Crippen molar-refractivity contribution in [1.82, 2.24) is 40.0 Å². The summed E-state index contributed by atoms with van der Waals surface area (Å²) in [6.45, 7) is 0.301. The maximum atomic E-state index is 12.4. The highest BCUT2D eigenvalue weighted by molar-refractivity contribution is 6.02. The van der Waals surface area contributed by atoms with Crippen LogP contribution in [0.5, 0.6) is 0 Å². The number of tetrazole rings is 1. The third-order valence-corrected chi connectivity index (χ3v) is 3.60. The molecule has 0 bridgehead atoms. The number of aromatic nitrogens is 8. The number of hydrogen-bond donors (Lipinski definition) is 3. The monoisotopic (exact) mass is 351 g/mol. The lowest BCUT2D eigenvalue weighted by molar-refractivity contribution is 0.102. The molecule has 0 aliphatic heterocycles. The highest BCUT2D eigenvalue weighted by atomic mass is 16.2. The van der Waals surface area contributed by atoms with E-state index in [2.05, 4.69) is 36.0 Å². The van der Waals surface area contributed by atoms with Crippen molar-refractivity contribution in [3.63, 3.8) is 0 Å². The minimum absolute atomic E-state index is 0.248. The molecule has 1 aromatic carbocycles. The Bertz CT molecular complexity index is 1090. The largest absolute Gasteiger partial charge is 0.330 e. The lowest BCUT2D eigenvalue weighted by atomic mass is 10.2. The smallest absolute Gasteiger partial charge is 0.321 e. The summed E-state index contributed by atoms with van der Waals surface area (Å²) in [7, 11) is 0. The van der Waals surface area contributed by atoms with Gasteiger partial charge >= 0.3 is 5.69 Å². The first-order chi connectivity index (χ1) is 12.7. The van der Waals surface area contributed by atoms with E-state index < -0.39 is 0 Å². The predicted molar refractivity (Wildman–Crippen MR) is 89.8 cm³/mol. The lowest BCUT2D eigenvalue weighted by Crippen LogP contribution is -2.16. The second-order valence-electron chi connectivity index (χ2n) is 5.37. The Morgan fingerprint density at radius 3 is 2.92 bits per heavy atom. The van der Waals surface area contributed by atoms with Crippen molar-refractivity contribution in [2.45, 2.75) is 6.54 Å². The van der Waals surface area contributed by atoms with Gasteiger partial charge in [0.2, 0.25) is 0 Å². The van der Waals surface area contributed by atoms with Gasteiger partial charge in [0.05, 0.1) is 5.69 Å². The average molecular weight is 351 g/mol. The van der Waals surface area contributed by atoms with Gasteiger partial charge in [-0.25, -0.2) is 4.79 Å². The van der Waals surface area contributed by atoms with Crippen LogP contribution >= 0.6 is 0 Å². The average Bonchev–Trinajstić information content (AvgIpc) is 3.38. The second kappa shape index (κ2) is 6.47. The van der Waals surface area contributed by atoms with Gasteiger partial charge in [-0.2, -0.15) is 10.3 Å². The van der Waals surface area contributed by atoms with Crippen molar-refractivity contribution in [1.29, 1.82) is 0 Å². The second-order valence-corrected chi connectivity index (χ2v) is 5.37. The molecule has 26 heavy (non-hydrogen) atoms. The van der Waals surface area contributed by atoms with Crippen molar-refractivity contribution in [3.05, 3.63) is 70.9 Å². The number of benzene rings is 1. The summed E-state index contributed by atoms with van der Waals surface area (Å²) in [5, 5.41) is 20.4. The van der Waals surface area contributed by atoms with E-state index in [9.17, 15) is 9.59 Å². The van der Waals surface area contributed by atoms with Gasteiger partial charge in [0.25, 0.3) is 5.91 Å². The van der Waals surface area contributed by atoms with Crippen LogP contribution in [-0.4, -0.2) is 45.9 Å². The number of rotatable bonds is 5. The Hall–Kier alpha value is -4.02. The van der Waals surface area contributed by atoms with Crippen LogP contribution in [0.2, 0.25) is 0 Å². The number of hydrogen-bond acceptors (Lipinski definition) is 6. The van der Waals surface area contributed by atoms with Crippen LogP contribution in [0.3, 0.4) is 0 Å². The molecule has 0 saturated heterocycles. The number of carbonyl (C=O) groups is 1. The highest BCUT2D eigenvalue weighted by Gasteiger charge is 2.11. The third kappa shape index (κ3) is 3.13. The normalized spacial score (nSPS) is 10.8. The minimum Gasteiger partial charge on any atom is -0.321 e. The van der Waals surface area contributed by atoms with E-state index in [1.54, 1.807) is 48.9 Å². The number of nitrogens with one attached hydrogen (secondary N) is 3. The summed E-state index contributed by atoms with van der Waals surface area (Å²) in [4.78, 5) is 26.6. The fraction of sp³-hybridized carbons (Fsp3) is 0.0667. The fourth-order valence-corrected chi connectivity index (χ4v) is 2.42. The highest BCUT2D eigenvalue weighted by Crippen LogP contribution is 2.14. The van der Waals surface area contributed by atoms with Gasteiger partial charge in [-0.3, -0.25) is 14.0 Å². The van der Waals surface area contributed by atoms with Gasteiger partial charge in [-0.05, 0) is 24.3 Å². The quantitative estimate of drug-likeness (QED) is 0.468. The Kier molecular flexibility index (Phi) is 3.86. The molecule has 4 rings (SSSR count). The summed E-state index contributed by atoms with van der Waals surface area (Å²) in [5.74, 6) is 0.0973. The first-order valence-corrected chi connectivity index (χ1v) is 7.63. The Morgan fingerprint density at radius 1 is 1.23 bits per heavy atom. The van der Waals surface area contributed by atoms with Gasteiger partial charge in [0.1, 0.15) is 6.54 Å². The molecule has 1 amide bonds. The van der Waals surface area contributed by atoms with Crippen molar-refractivity contribution in [2.75, 3.05) is 5.32 Å². The Labute approximate surface area is 145 Å². The molecular formula is C15H13N9O2. The van der Waals surface area contributed by atoms with Gasteiger partial charge < -0.3 is 10.3 Å². The Morgan fingerprint density at radius 2 is 2.15 bits per heavy atom. The van der Waals surface area contributed by atoms with Crippen molar-refractivity contribution in [2.24, 2.45) is 0 Å². The van der Waals surface area contributed by atoms with Crippen LogP contribution < -0.4 is 11.0 Å². The molecule has 3 N–H and O–H groups in total. The van der Waals surface area contributed by atoms with Crippen LogP contribution in [0.4, 0.5) is 5.69 Å². The number of nitrogens with zero attached hydrogens (tertiary/aromatic N) is 6. The molecule has 0 aliphatic carbocycles. The zero-order chi connectivity index (χ0) is 17.9. The summed E-state index contributed by atoms with van der Waals surface area (Å²) in [6, 6.07) is 8.54. The van der Waals surface area contributed by atoms with E-state index in [0.717, 1.165) is 0 Å². The van der Waals surface area contributed by atoms with Crippen molar-refractivity contribution < 1.29 is 4.79 Å². The Balaban J connectivity index is 1.49. The summed E-state index contributed by atoms with van der Waals surface area (Å²) in [5.41, 5.74) is 1.18.